The molecule has 2 aromatic rings. The second-order valence-corrected chi connectivity index (χ2v) is 6.69. The minimum absolute atomic E-state index is 0.00931. The van der Waals surface area contributed by atoms with Gasteiger partial charge in [0.2, 0.25) is 0 Å². The van der Waals surface area contributed by atoms with E-state index in [1.807, 2.05) is 0 Å². The molecule has 0 bridgehead atoms. The molecule has 9 heteroatoms. The smallest absolute Gasteiger partial charge is 0.496 e. The molecule has 0 radical (unpaired) electrons. The molecule has 0 N–H and O–H groups in total. The predicted molar refractivity (Wildman–Crippen MR) is 104 cm³/mol. The number of unbranched alkanes of at least 4 members (excludes halogenated alkanes) is 1. The summed E-state index contributed by atoms with van der Waals surface area (Å²) in [7, 11) is 0.195. The van der Waals surface area contributed by atoms with Gasteiger partial charge in [0.1, 0.15) is 5.75 Å². The number of carbonyl (C=O) groups is 2. The SMILES string of the molecule is CCCC.COc1cc(O[P+](=O)OC)nc(N2C(=O)c3ccccc3C2=O)c1. The van der Waals surface area contributed by atoms with E-state index in [2.05, 4.69) is 23.4 Å². The molecule has 1 unspecified atom stereocenters. The van der Waals surface area contributed by atoms with Gasteiger partial charge in [0.05, 0.1) is 25.3 Å². The molecule has 0 spiro atoms. The highest BCUT2D eigenvalue weighted by molar-refractivity contribution is 7.33. The van der Waals surface area contributed by atoms with Crippen LogP contribution in [0, 0.1) is 0 Å². The molecule has 0 saturated carbocycles. The van der Waals surface area contributed by atoms with E-state index in [1.54, 1.807) is 24.3 Å². The molecule has 8 nitrogen and oxygen atoms in total. The molecule has 0 aliphatic carbocycles. The van der Waals surface area contributed by atoms with Crippen LogP contribution in [0.3, 0.4) is 0 Å². The van der Waals surface area contributed by atoms with Gasteiger partial charge < -0.3 is 4.74 Å². The van der Waals surface area contributed by atoms with Crippen LogP contribution in [0.25, 0.3) is 0 Å². The van der Waals surface area contributed by atoms with Gasteiger partial charge in [-0.05, 0) is 12.1 Å². The van der Waals surface area contributed by atoms with Crippen molar-refractivity contribution < 1.29 is 27.9 Å². The van der Waals surface area contributed by atoms with Gasteiger partial charge in [-0.15, -0.1) is 4.52 Å². The van der Waals surface area contributed by atoms with E-state index in [1.165, 1.54) is 39.2 Å². The van der Waals surface area contributed by atoms with Crippen molar-refractivity contribution in [3.8, 4) is 11.6 Å². The molecule has 3 rings (SSSR count). The summed E-state index contributed by atoms with van der Waals surface area (Å²) < 4.78 is 26.1. The van der Waals surface area contributed by atoms with Gasteiger partial charge in [-0.2, -0.15) is 4.98 Å². The van der Waals surface area contributed by atoms with Crippen LogP contribution >= 0.6 is 8.25 Å². The third-order valence-electron chi connectivity index (χ3n) is 3.84. The quantitative estimate of drug-likeness (QED) is 0.520. The lowest BCUT2D eigenvalue weighted by Crippen LogP contribution is -2.30. The third kappa shape index (κ3) is 4.71. The minimum atomic E-state index is -2.42. The number of hydrogen-bond donors (Lipinski definition) is 0. The average Bonchev–Trinajstić information content (AvgIpc) is 2.98. The molecule has 2 amide bonds. The summed E-state index contributed by atoms with van der Waals surface area (Å²) in [5.41, 5.74) is 0.579. The number of imide groups is 1. The van der Waals surface area contributed by atoms with Crippen LogP contribution in [0.5, 0.6) is 11.6 Å². The van der Waals surface area contributed by atoms with Crippen LogP contribution in [0.1, 0.15) is 47.4 Å². The van der Waals surface area contributed by atoms with Gasteiger partial charge in [-0.25, -0.2) is 9.42 Å². The number of rotatable bonds is 6. The number of ether oxygens (including phenoxy) is 1. The van der Waals surface area contributed by atoms with E-state index in [0.29, 0.717) is 0 Å². The fraction of sp³-hybridized carbons (Fsp3) is 0.316. The first-order valence-corrected chi connectivity index (χ1v) is 9.79. The van der Waals surface area contributed by atoms with E-state index in [-0.39, 0.29) is 28.6 Å². The van der Waals surface area contributed by atoms with Crippen LogP contribution < -0.4 is 14.2 Å². The Morgan fingerprint density at radius 3 is 2.04 bits per heavy atom. The number of pyridine rings is 1. The van der Waals surface area contributed by atoms with E-state index < -0.39 is 20.1 Å². The number of carbonyl (C=O) groups excluding carboxylic acids is 2. The molecule has 2 heterocycles. The number of aromatic nitrogens is 1. The summed E-state index contributed by atoms with van der Waals surface area (Å²) in [4.78, 5) is 30.0. The third-order valence-corrected chi connectivity index (χ3v) is 4.47. The number of amides is 2. The zero-order valence-corrected chi connectivity index (χ0v) is 17.1. The molecule has 1 aromatic carbocycles. The molecule has 148 valence electrons. The zero-order valence-electron chi connectivity index (χ0n) is 16.2. The Balaban J connectivity index is 0.000000640. The molecular weight excluding hydrogens is 383 g/mol. The van der Waals surface area contributed by atoms with Gasteiger partial charge in [0.25, 0.3) is 17.7 Å². The van der Waals surface area contributed by atoms with E-state index in [0.717, 1.165) is 4.90 Å². The predicted octanol–water partition coefficient (Wildman–Crippen LogP) is 4.38. The number of nitrogens with zero attached hydrogens (tertiary/aromatic N) is 2. The Morgan fingerprint density at radius 2 is 1.57 bits per heavy atom. The summed E-state index contributed by atoms with van der Waals surface area (Å²) >= 11 is 0. The maximum Gasteiger partial charge on any atom is 0.751 e. The molecule has 28 heavy (non-hydrogen) atoms. The minimum Gasteiger partial charge on any atom is -0.496 e. The van der Waals surface area contributed by atoms with E-state index in [4.69, 9.17) is 9.26 Å². The lowest BCUT2D eigenvalue weighted by atomic mass is 10.1. The summed E-state index contributed by atoms with van der Waals surface area (Å²) in [6.07, 6.45) is 2.64. The Morgan fingerprint density at radius 1 is 1.00 bits per heavy atom. The Kier molecular flexibility index (Phi) is 7.61. The Hall–Kier alpha value is -2.83. The molecule has 1 atom stereocenters. The normalized spacial score (nSPS) is 12.9. The second kappa shape index (κ2) is 9.92. The second-order valence-electron chi connectivity index (χ2n) is 5.69. The number of anilines is 1. The van der Waals surface area contributed by atoms with Crippen molar-refractivity contribution in [2.45, 2.75) is 26.7 Å². The first-order chi connectivity index (χ1) is 13.5. The Labute approximate surface area is 164 Å². The van der Waals surface area contributed by atoms with Crippen molar-refractivity contribution in [1.82, 2.24) is 4.98 Å². The molecular formula is C19H22N2O6P+. The molecule has 1 aromatic heterocycles. The van der Waals surface area contributed by atoms with E-state index >= 15 is 0 Å². The van der Waals surface area contributed by atoms with Gasteiger partial charge in [0.15, 0.2) is 5.82 Å². The van der Waals surface area contributed by atoms with Crippen LogP contribution in [-0.4, -0.2) is 31.0 Å². The summed E-state index contributed by atoms with van der Waals surface area (Å²) in [5.74, 6) is -0.804. The standard InChI is InChI=1S/C15H12N2O6P.C4H10/c1-21-9-7-12(16-13(8-9)23-24(20)22-2)17-14(18)10-5-3-4-6-11(10)15(17)19;1-3-4-2/h3-8H,1-2H3;3-4H2,1-2H3/q+1;. The molecule has 0 saturated heterocycles. The highest BCUT2D eigenvalue weighted by atomic mass is 31.1. The largest absolute Gasteiger partial charge is 0.751 e. The van der Waals surface area contributed by atoms with Gasteiger partial charge in [-0.3, -0.25) is 9.59 Å². The van der Waals surface area contributed by atoms with Crippen molar-refractivity contribution in [2.24, 2.45) is 0 Å². The maximum absolute atomic E-state index is 12.5. The van der Waals surface area contributed by atoms with Crippen LogP contribution in [0.15, 0.2) is 36.4 Å². The first kappa shape index (κ1) is 21.5. The summed E-state index contributed by atoms with van der Waals surface area (Å²) in [5, 5.41) is 0. The molecule has 0 fully saturated rings. The van der Waals surface area contributed by atoms with Crippen molar-refractivity contribution in [3.63, 3.8) is 0 Å². The first-order valence-electron chi connectivity index (χ1n) is 8.70. The van der Waals surface area contributed by atoms with Crippen LogP contribution in [0.2, 0.25) is 0 Å². The highest BCUT2D eigenvalue weighted by Crippen LogP contribution is 2.34. The Bertz CT molecular complexity index is 849. The number of fused-ring (bicyclic) bond motifs is 1. The monoisotopic (exact) mass is 405 g/mol. The van der Waals surface area contributed by atoms with Crippen LogP contribution in [-0.2, 0) is 9.09 Å². The highest BCUT2D eigenvalue weighted by Gasteiger charge is 2.38. The maximum atomic E-state index is 12.5. The van der Waals surface area contributed by atoms with Crippen molar-refractivity contribution >= 4 is 25.9 Å². The number of benzene rings is 1. The van der Waals surface area contributed by atoms with E-state index in [9.17, 15) is 14.2 Å². The average molecular weight is 405 g/mol. The fourth-order valence-corrected chi connectivity index (χ4v) is 2.58. The summed E-state index contributed by atoms with van der Waals surface area (Å²) in [6.45, 7) is 4.36. The summed E-state index contributed by atoms with van der Waals surface area (Å²) in [6, 6.07) is 9.25. The van der Waals surface area contributed by atoms with Gasteiger partial charge >= 0.3 is 8.25 Å². The molecule has 1 aliphatic heterocycles. The lowest BCUT2D eigenvalue weighted by molar-refractivity contribution is 0.0925. The fourth-order valence-electron chi connectivity index (χ4n) is 2.26. The van der Waals surface area contributed by atoms with Crippen molar-refractivity contribution in [3.05, 3.63) is 47.5 Å². The topological polar surface area (TPSA) is 95.0 Å². The number of methoxy groups -OCH3 is 1. The van der Waals surface area contributed by atoms with Crippen LogP contribution in [0.4, 0.5) is 5.82 Å². The zero-order chi connectivity index (χ0) is 20.7. The molecule has 1 aliphatic rings. The van der Waals surface area contributed by atoms with Crippen molar-refractivity contribution in [2.75, 3.05) is 19.1 Å². The lowest BCUT2D eigenvalue weighted by Gasteiger charge is -2.13. The number of hydrogen-bond acceptors (Lipinski definition) is 7. The van der Waals surface area contributed by atoms with Gasteiger partial charge in [0, 0.05) is 16.7 Å². The van der Waals surface area contributed by atoms with Crippen molar-refractivity contribution in [1.29, 1.82) is 0 Å². The van der Waals surface area contributed by atoms with Gasteiger partial charge in [-0.1, -0.05) is 38.8 Å².